The summed E-state index contributed by atoms with van der Waals surface area (Å²) >= 11 is 0. The molecule has 0 aromatic heterocycles. The SMILES string of the molecule is CC(C)C[C@H](NC(=O)[C@@H](NC(=O)[C@H](C)NC(=O)OCc1ccccc1)C(C)C)C(=O)NC(C#N)CCC(N)=O. The van der Waals surface area contributed by atoms with Crippen molar-refractivity contribution in [3.05, 3.63) is 35.9 Å². The second-order valence-electron chi connectivity index (χ2n) is 10.0. The maximum absolute atomic E-state index is 13.1. The van der Waals surface area contributed by atoms with Gasteiger partial charge >= 0.3 is 6.09 Å². The molecule has 0 saturated heterocycles. The highest BCUT2D eigenvalue weighted by Crippen LogP contribution is 2.09. The van der Waals surface area contributed by atoms with Crippen LogP contribution in [0.3, 0.4) is 0 Å². The highest BCUT2D eigenvalue weighted by molar-refractivity contribution is 5.94. The zero-order valence-corrected chi connectivity index (χ0v) is 23.2. The zero-order valence-electron chi connectivity index (χ0n) is 23.2. The van der Waals surface area contributed by atoms with Crippen LogP contribution in [0.2, 0.25) is 0 Å². The summed E-state index contributed by atoms with van der Waals surface area (Å²) in [4.78, 5) is 62.0. The van der Waals surface area contributed by atoms with Gasteiger partial charge in [0.1, 0.15) is 30.8 Å². The van der Waals surface area contributed by atoms with Crippen LogP contribution in [0.4, 0.5) is 4.79 Å². The summed E-state index contributed by atoms with van der Waals surface area (Å²) in [5.41, 5.74) is 5.91. The van der Waals surface area contributed by atoms with Crippen molar-refractivity contribution in [2.75, 3.05) is 0 Å². The number of rotatable bonds is 15. The van der Waals surface area contributed by atoms with Crippen molar-refractivity contribution in [1.29, 1.82) is 5.26 Å². The smallest absolute Gasteiger partial charge is 0.408 e. The summed E-state index contributed by atoms with van der Waals surface area (Å²) in [5.74, 6) is -2.72. The van der Waals surface area contributed by atoms with Crippen LogP contribution < -0.4 is 27.0 Å². The van der Waals surface area contributed by atoms with Crippen LogP contribution >= 0.6 is 0 Å². The first-order chi connectivity index (χ1) is 18.3. The standard InChI is InChI=1S/C27H40N6O6/c1-16(2)13-21(25(36)31-20(14-28)11-12-22(29)34)32-26(37)23(17(3)4)33-24(35)18(5)30-27(38)39-15-19-9-7-6-8-10-19/h6-10,16-18,20-21,23H,11-13,15H2,1-5H3,(H2,29,34)(H,30,38)(H,31,36)(H,32,37)(H,33,35)/t18-,20?,21-,23-/m0/s1. The Labute approximate surface area is 229 Å². The number of ether oxygens (including phenoxy) is 1. The predicted octanol–water partition coefficient (Wildman–Crippen LogP) is 1.25. The summed E-state index contributed by atoms with van der Waals surface area (Å²) in [6.07, 6.45) is -0.546. The minimum absolute atomic E-state index is 0.0189. The number of primary amides is 1. The summed E-state index contributed by atoms with van der Waals surface area (Å²) in [5, 5.41) is 19.6. The molecule has 1 unspecified atom stereocenters. The average Bonchev–Trinajstić information content (AvgIpc) is 2.87. The summed E-state index contributed by atoms with van der Waals surface area (Å²) < 4.78 is 5.13. The third-order valence-corrected chi connectivity index (χ3v) is 5.68. The molecular formula is C27H40N6O6. The van der Waals surface area contributed by atoms with Gasteiger partial charge in [0.25, 0.3) is 0 Å². The van der Waals surface area contributed by atoms with E-state index < -0.39 is 53.9 Å². The first-order valence-corrected chi connectivity index (χ1v) is 12.9. The molecule has 0 radical (unpaired) electrons. The van der Waals surface area contributed by atoms with Crippen molar-refractivity contribution in [3.8, 4) is 6.07 Å². The van der Waals surface area contributed by atoms with Gasteiger partial charge in [-0.3, -0.25) is 19.2 Å². The Balaban J connectivity index is 2.79. The van der Waals surface area contributed by atoms with Crippen LogP contribution in [0.25, 0.3) is 0 Å². The molecule has 1 aromatic carbocycles. The molecule has 0 aliphatic rings. The van der Waals surface area contributed by atoms with E-state index >= 15 is 0 Å². The number of amides is 5. The number of nitrogens with zero attached hydrogens (tertiary/aromatic N) is 1. The average molecular weight is 545 g/mol. The molecule has 5 amide bonds. The molecule has 0 heterocycles. The van der Waals surface area contributed by atoms with Gasteiger partial charge in [-0.1, -0.05) is 58.0 Å². The van der Waals surface area contributed by atoms with Gasteiger partial charge in [-0.05, 0) is 37.2 Å². The molecule has 12 nitrogen and oxygen atoms in total. The van der Waals surface area contributed by atoms with Crippen molar-refractivity contribution in [2.45, 2.75) is 84.7 Å². The minimum Gasteiger partial charge on any atom is -0.445 e. The van der Waals surface area contributed by atoms with Crippen molar-refractivity contribution >= 4 is 29.7 Å². The van der Waals surface area contributed by atoms with Gasteiger partial charge in [0.15, 0.2) is 0 Å². The van der Waals surface area contributed by atoms with Crippen molar-refractivity contribution < 1.29 is 28.7 Å². The van der Waals surface area contributed by atoms with Crippen molar-refractivity contribution in [1.82, 2.24) is 21.3 Å². The van der Waals surface area contributed by atoms with Crippen LogP contribution in [-0.2, 0) is 30.5 Å². The van der Waals surface area contributed by atoms with Crippen molar-refractivity contribution in [2.24, 2.45) is 17.6 Å². The lowest BCUT2D eigenvalue weighted by Crippen LogP contribution is -2.58. The van der Waals surface area contributed by atoms with E-state index in [2.05, 4.69) is 21.3 Å². The molecule has 39 heavy (non-hydrogen) atoms. The first kappa shape index (κ1) is 32.9. The third kappa shape index (κ3) is 12.8. The van der Waals surface area contributed by atoms with Crippen LogP contribution in [0.5, 0.6) is 0 Å². The third-order valence-electron chi connectivity index (χ3n) is 5.68. The van der Waals surface area contributed by atoms with E-state index in [0.717, 1.165) is 5.56 Å². The molecule has 6 N–H and O–H groups in total. The van der Waals surface area contributed by atoms with Crippen LogP contribution in [0, 0.1) is 23.2 Å². The molecule has 0 saturated carbocycles. The number of hydrogen-bond acceptors (Lipinski definition) is 7. The Bertz CT molecular complexity index is 1020. The molecule has 0 aliphatic carbocycles. The molecule has 0 spiro atoms. The van der Waals surface area contributed by atoms with Crippen LogP contribution in [-0.4, -0.2) is 53.9 Å². The lowest BCUT2D eigenvalue weighted by atomic mass is 9.99. The number of carbonyl (C=O) groups is 5. The second-order valence-corrected chi connectivity index (χ2v) is 10.0. The lowest BCUT2D eigenvalue weighted by Gasteiger charge is -2.27. The highest BCUT2D eigenvalue weighted by atomic mass is 16.5. The normalized spacial score (nSPS) is 13.8. The summed E-state index contributed by atoms with van der Waals surface area (Å²) in [7, 11) is 0. The number of hydrogen-bond donors (Lipinski definition) is 5. The number of nitrogens with one attached hydrogen (secondary N) is 4. The Hall–Kier alpha value is -4.14. The maximum atomic E-state index is 13.1. The van der Waals surface area contributed by atoms with E-state index in [1.165, 1.54) is 6.92 Å². The molecule has 0 bridgehead atoms. The predicted molar refractivity (Wildman–Crippen MR) is 143 cm³/mol. The fraction of sp³-hybridized carbons (Fsp3) is 0.556. The van der Waals surface area contributed by atoms with Crippen LogP contribution in [0.1, 0.15) is 59.4 Å². The van der Waals surface area contributed by atoms with Gasteiger partial charge in [-0.2, -0.15) is 5.26 Å². The zero-order chi connectivity index (χ0) is 29.5. The van der Waals surface area contributed by atoms with Gasteiger partial charge in [0.05, 0.1) is 6.07 Å². The number of benzene rings is 1. The number of carbonyl (C=O) groups excluding carboxylic acids is 5. The second kappa shape index (κ2) is 16.7. The van der Waals surface area contributed by atoms with Crippen LogP contribution in [0.15, 0.2) is 30.3 Å². The number of nitriles is 1. The van der Waals surface area contributed by atoms with E-state index in [4.69, 9.17) is 10.5 Å². The maximum Gasteiger partial charge on any atom is 0.408 e. The van der Waals surface area contributed by atoms with E-state index in [9.17, 15) is 29.2 Å². The number of alkyl carbamates (subject to hydrolysis) is 1. The summed E-state index contributed by atoms with van der Waals surface area (Å²) in [6, 6.07) is 7.01. The Kier molecular flexibility index (Phi) is 14.0. The van der Waals surface area contributed by atoms with Crippen molar-refractivity contribution in [3.63, 3.8) is 0 Å². The Morgan fingerprint density at radius 3 is 2.08 bits per heavy atom. The monoisotopic (exact) mass is 544 g/mol. The molecule has 1 aromatic rings. The molecule has 0 fully saturated rings. The Morgan fingerprint density at radius 1 is 0.897 bits per heavy atom. The topological polar surface area (TPSA) is 193 Å². The first-order valence-electron chi connectivity index (χ1n) is 12.9. The molecule has 1 rings (SSSR count). The van der Waals surface area contributed by atoms with E-state index in [0.29, 0.717) is 0 Å². The van der Waals surface area contributed by atoms with E-state index in [1.807, 2.05) is 38.1 Å². The van der Waals surface area contributed by atoms with E-state index in [-0.39, 0.29) is 37.7 Å². The number of nitrogens with two attached hydrogens (primary N) is 1. The molecule has 214 valence electrons. The van der Waals surface area contributed by atoms with E-state index in [1.54, 1.807) is 26.0 Å². The molecular weight excluding hydrogens is 504 g/mol. The largest absolute Gasteiger partial charge is 0.445 e. The Morgan fingerprint density at radius 2 is 1.54 bits per heavy atom. The quantitative estimate of drug-likeness (QED) is 0.219. The molecule has 0 aliphatic heterocycles. The molecule has 4 atom stereocenters. The fourth-order valence-corrected chi connectivity index (χ4v) is 3.51. The van der Waals surface area contributed by atoms with Gasteiger partial charge in [-0.15, -0.1) is 0 Å². The van der Waals surface area contributed by atoms with Gasteiger partial charge < -0.3 is 31.7 Å². The van der Waals surface area contributed by atoms with Gasteiger partial charge in [-0.25, -0.2) is 4.79 Å². The fourth-order valence-electron chi connectivity index (χ4n) is 3.51. The lowest BCUT2D eigenvalue weighted by molar-refractivity contribution is -0.133. The molecule has 12 heteroatoms. The summed E-state index contributed by atoms with van der Waals surface area (Å²) in [6.45, 7) is 8.68. The van der Waals surface area contributed by atoms with Gasteiger partial charge in [0.2, 0.25) is 23.6 Å². The minimum atomic E-state index is -1.01. The highest BCUT2D eigenvalue weighted by Gasteiger charge is 2.31. The van der Waals surface area contributed by atoms with Gasteiger partial charge in [0, 0.05) is 6.42 Å².